The molecule has 24 heavy (non-hydrogen) atoms. The largest absolute Gasteiger partial charge is 0.350 e. The Balaban J connectivity index is 2.07. The van der Waals surface area contributed by atoms with Crippen LogP contribution in [0.15, 0.2) is 48.5 Å². The molecule has 2 aromatic rings. The first-order chi connectivity index (χ1) is 11.3. The highest BCUT2D eigenvalue weighted by Crippen LogP contribution is 2.21. The fourth-order valence-electron chi connectivity index (χ4n) is 2.13. The Morgan fingerprint density at radius 3 is 2.46 bits per heavy atom. The molecule has 1 amide bonds. The van der Waals surface area contributed by atoms with Crippen molar-refractivity contribution in [3.63, 3.8) is 0 Å². The lowest BCUT2D eigenvalue weighted by Crippen LogP contribution is -2.38. The average molecular weight is 387 g/mol. The molecule has 8 heteroatoms. The molecule has 2 rings (SSSR count). The number of carbonyl (C=O) groups excluding carboxylic acids is 1. The highest BCUT2D eigenvalue weighted by Gasteiger charge is 2.18. The van der Waals surface area contributed by atoms with Crippen LogP contribution >= 0.6 is 23.2 Å². The van der Waals surface area contributed by atoms with Crippen molar-refractivity contribution >= 4 is 44.8 Å². The summed E-state index contributed by atoms with van der Waals surface area (Å²) >= 11 is 11.9. The summed E-state index contributed by atoms with van der Waals surface area (Å²) in [5.74, 6) is -0.361. The number of hydrogen-bond acceptors (Lipinski definition) is 3. The summed E-state index contributed by atoms with van der Waals surface area (Å²) in [4.78, 5) is 12.1. The van der Waals surface area contributed by atoms with Gasteiger partial charge in [-0.1, -0.05) is 41.4 Å². The van der Waals surface area contributed by atoms with E-state index in [1.54, 1.807) is 48.5 Å². The maximum atomic E-state index is 12.1. The minimum absolute atomic E-state index is 0.0787. The van der Waals surface area contributed by atoms with Gasteiger partial charge in [0.05, 0.1) is 29.1 Å². The maximum absolute atomic E-state index is 12.1. The van der Waals surface area contributed by atoms with E-state index in [0.717, 1.165) is 6.26 Å². The second-order valence-corrected chi connectivity index (χ2v) is 7.80. The zero-order valence-electron chi connectivity index (χ0n) is 12.9. The van der Waals surface area contributed by atoms with Gasteiger partial charge in [-0.25, -0.2) is 8.42 Å². The summed E-state index contributed by atoms with van der Waals surface area (Å²) in [5, 5.41) is 3.43. The van der Waals surface area contributed by atoms with Crippen molar-refractivity contribution in [1.82, 2.24) is 5.32 Å². The van der Waals surface area contributed by atoms with Crippen LogP contribution in [0.4, 0.5) is 5.69 Å². The molecule has 0 aliphatic heterocycles. The Labute approximate surface area is 151 Å². The average Bonchev–Trinajstić information content (AvgIpc) is 2.50. The Hall–Kier alpha value is -1.76. The topological polar surface area (TPSA) is 66.5 Å². The standard InChI is InChI=1S/C16H16Cl2N2O3S/c1-24(22,23)20(13-6-4-5-12(17)11-13)10-9-19-16(21)14-7-2-3-8-15(14)18/h2-8,11H,9-10H2,1H3,(H,19,21). The van der Waals surface area contributed by atoms with Gasteiger partial charge >= 0.3 is 0 Å². The number of anilines is 1. The van der Waals surface area contributed by atoms with E-state index in [-0.39, 0.29) is 19.0 Å². The van der Waals surface area contributed by atoms with Crippen LogP contribution in [0.5, 0.6) is 0 Å². The van der Waals surface area contributed by atoms with Crippen molar-refractivity contribution in [3.8, 4) is 0 Å². The summed E-state index contributed by atoms with van der Waals surface area (Å²) in [6, 6.07) is 13.2. The van der Waals surface area contributed by atoms with E-state index < -0.39 is 10.0 Å². The van der Waals surface area contributed by atoms with E-state index >= 15 is 0 Å². The van der Waals surface area contributed by atoms with Crippen molar-refractivity contribution < 1.29 is 13.2 Å². The highest BCUT2D eigenvalue weighted by atomic mass is 35.5. The minimum Gasteiger partial charge on any atom is -0.350 e. The Morgan fingerprint density at radius 2 is 1.83 bits per heavy atom. The van der Waals surface area contributed by atoms with E-state index in [1.807, 2.05) is 0 Å². The van der Waals surface area contributed by atoms with Gasteiger partial charge in [0, 0.05) is 11.6 Å². The molecule has 0 saturated heterocycles. The quantitative estimate of drug-likeness (QED) is 0.828. The van der Waals surface area contributed by atoms with Gasteiger partial charge in [0.25, 0.3) is 5.91 Å². The number of nitrogens with one attached hydrogen (secondary N) is 1. The molecule has 128 valence electrons. The van der Waals surface area contributed by atoms with Crippen LogP contribution in [-0.4, -0.2) is 33.7 Å². The molecule has 0 aliphatic rings. The zero-order chi connectivity index (χ0) is 17.7. The normalized spacial score (nSPS) is 11.1. The number of hydrogen-bond donors (Lipinski definition) is 1. The van der Waals surface area contributed by atoms with Crippen molar-refractivity contribution in [2.75, 3.05) is 23.7 Å². The monoisotopic (exact) mass is 386 g/mol. The van der Waals surface area contributed by atoms with Crippen LogP contribution in [0.3, 0.4) is 0 Å². The van der Waals surface area contributed by atoms with Gasteiger partial charge in [-0.15, -0.1) is 0 Å². The molecule has 0 aliphatic carbocycles. The first-order valence-corrected chi connectivity index (χ1v) is 9.65. The molecule has 0 spiro atoms. The van der Waals surface area contributed by atoms with Crippen LogP contribution in [0.1, 0.15) is 10.4 Å². The molecule has 0 saturated carbocycles. The number of carbonyl (C=O) groups is 1. The molecular weight excluding hydrogens is 371 g/mol. The van der Waals surface area contributed by atoms with Gasteiger partial charge in [-0.05, 0) is 30.3 Å². The molecule has 0 heterocycles. The van der Waals surface area contributed by atoms with Crippen LogP contribution in [0, 0.1) is 0 Å². The van der Waals surface area contributed by atoms with Crippen molar-refractivity contribution in [3.05, 3.63) is 64.1 Å². The third kappa shape index (κ3) is 4.87. The second-order valence-electron chi connectivity index (χ2n) is 5.05. The number of nitrogens with zero attached hydrogens (tertiary/aromatic N) is 1. The number of amides is 1. The second kappa shape index (κ2) is 7.88. The van der Waals surface area contributed by atoms with Crippen LogP contribution in [0.25, 0.3) is 0 Å². The molecule has 2 aromatic carbocycles. The van der Waals surface area contributed by atoms with Crippen molar-refractivity contribution in [2.45, 2.75) is 0 Å². The zero-order valence-corrected chi connectivity index (χ0v) is 15.2. The van der Waals surface area contributed by atoms with Gasteiger partial charge in [-0.2, -0.15) is 0 Å². The summed E-state index contributed by atoms with van der Waals surface area (Å²) in [5.41, 5.74) is 0.782. The SMILES string of the molecule is CS(=O)(=O)N(CCNC(=O)c1ccccc1Cl)c1cccc(Cl)c1. The first kappa shape index (κ1) is 18.6. The molecule has 1 N–H and O–H groups in total. The third-order valence-electron chi connectivity index (χ3n) is 3.22. The van der Waals surface area contributed by atoms with Crippen LogP contribution in [0.2, 0.25) is 10.0 Å². The van der Waals surface area contributed by atoms with Gasteiger partial charge in [0.2, 0.25) is 10.0 Å². The highest BCUT2D eigenvalue weighted by molar-refractivity contribution is 7.92. The third-order valence-corrected chi connectivity index (χ3v) is 4.97. The maximum Gasteiger partial charge on any atom is 0.252 e. The fraction of sp³-hybridized carbons (Fsp3) is 0.188. The van der Waals surface area contributed by atoms with Gasteiger partial charge in [0.1, 0.15) is 0 Å². The lowest BCUT2D eigenvalue weighted by Gasteiger charge is -2.22. The smallest absolute Gasteiger partial charge is 0.252 e. The Bertz CT molecular complexity index is 841. The number of sulfonamides is 1. The number of halogens is 2. The lowest BCUT2D eigenvalue weighted by molar-refractivity contribution is 0.0955. The van der Waals surface area contributed by atoms with E-state index in [0.29, 0.717) is 21.3 Å². The predicted molar refractivity (Wildman–Crippen MR) is 97.4 cm³/mol. The molecule has 0 unspecified atom stereocenters. The first-order valence-electron chi connectivity index (χ1n) is 7.05. The van der Waals surface area contributed by atoms with Gasteiger partial charge in [0.15, 0.2) is 0 Å². The molecule has 0 aromatic heterocycles. The molecule has 0 radical (unpaired) electrons. The number of benzene rings is 2. The summed E-state index contributed by atoms with van der Waals surface area (Å²) in [6.45, 7) is 0.207. The predicted octanol–water partition coefficient (Wildman–Crippen LogP) is 3.19. The van der Waals surface area contributed by atoms with E-state index in [4.69, 9.17) is 23.2 Å². The van der Waals surface area contributed by atoms with Crippen molar-refractivity contribution in [2.24, 2.45) is 0 Å². The Kier molecular flexibility index (Phi) is 6.10. The van der Waals surface area contributed by atoms with Crippen LogP contribution in [-0.2, 0) is 10.0 Å². The fourth-order valence-corrected chi connectivity index (χ4v) is 3.45. The Morgan fingerprint density at radius 1 is 1.12 bits per heavy atom. The van der Waals surface area contributed by atoms with Crippen molar-refractivity contribution in [1.29, 1.82) is 0 Å². The molecule has 0 bridgehead atoms. The molecule has 0 atom stereocenters. The van der Waals surface area contributed by atoms with Gasteiger partial charge < -0.3 is 5.32 Å². The summed E-state index contributed by atoms with van der Waals surface area (Å²) < 4.78 is 25.2. The summed E-state index contributed by atoms with van der Waals surface area (Å²) in [7, 11) is -3.51. The molecule has 5 nitrogen and oxygen atoms in total. The van der Waals surface area contributed by atoms with E-state index in [2.05, 4.69) is 5.32 Å². The molecular formula is C16H16Cl2N2O3S. The van der Waals surface area contributed by atoms with Gasteiger partial charge in [-0.3, -0.25) is 9.10 Å². The lowest BCUT2D eigenvalue weighted by atomic mass is 10.2. The number of rotatable bonds is 6. The van der Waals surface area contributed by atoms with E-state index in [9.17, 15) is 13.2 Å². The van der Waals surface area contributed by atoms with Crippen LogP contribution < -0.4 is 9.62 Å². The summed E-state index contributed by atoms with van der Waals surface area (Å²) in [6.07, 6.45) is 1.10. The minimum atomic E-state index is -3.51. The van der Waals surface area contributed by atoms with E-state index in [1.165, 1.54) is 4.31 Å². The molecule has 0 fully saturated rings.